The summed E-state index contributed by atoms with van der Waals surface area (Å²) in [6, 6.07) is 6.42. The third-order valence-corrected chi connectivity index (χ3v) is 3.32. The Bertz CT molecular complexity index is 757. The predicted molar refractivity (Wildman–Crippen MR) is 83.9 cm³/mol. The van der Waals surface area contributed by atoms with Gasteiger partial charge in [0.1, 0.15) is 24.5 Å². The van der Waals surface area contributed by atoms with Crippen molar-refractivity contribution < 1.29 is 32.6 Å². The molecule has 2 aromatic rings. The monoisotopic (exact) mass is 353 g/mol. The van der Waals surface area contributed by atoms with Gasteiger partial charge in [0, 0.05) is 12.1 Å². The lowest BCUT2D eigenvalue weighted by molar-refractivity contribution is -0.136. The molecule has 1 heterocycles. The van der Waals surface area contributed by atoms with Gasteiger partial charge in [0.15, 0.2) is 0 Å². The Morgan fingerprint density at radius 2 is 2.12 bits per heavy atom. The van der Waals surface area contributed by atoms with E-state index in [1.54, 1.807) is 31.2 Å². The summed E-state index contributed by atoms with van der Waals surface area (Å²) >= 11 is 0. The summed E-state index contributed by atoms with van der Waals surface area (Å²) in [4.78, 5) is 23.1. The van der Waals surface area contributed by atoms with Crippen molar-refractivity contribution in [1.29, 1.82) is 0 Å². The molecule has 0 spiro atoms. The molecule has 25 heavy (non-hydrogen) atoms. The second kappa shape index (κ2) is 8.27. The Hall–Kier alpha value is -2.90. The number of carbonyl (C=O) groups is 2. The van der Waals surface area contributed by atoms with Crippen LogP contribution in [0.15, 0.2) is 34.9 Å². The second-order valence-corrected chi connectivity index (χ2v) is 5.32. The van der Waals surface area contributed by atoms with Crippen molar-refractivity contribution in [2.45, 2.75) is 26.3 Å². The summed E-state index contributed by atoms with van der Waals surface area (Å²) in [7, 11) is 0. The first-order chi connectivity index (χ1) is 11.9. The van der Waals surface area contributed by atoms with Crippen molar-refractivity contribution in [2.24, 2.45) is 0 Å². The van der Waals surface area contributed by atoms with E-state index in [9.17, 15) is 18.4 Å². The standard InChI is InChI=1S/C17H17F2NO5/c1-10-8-25-13(6-15(21)22)16(10)17(23)20-7-11-3-2-4-12(5-11)24-9-14(18)19/h2-5,8,14H,6-7,9H2,1H3,(H,20,23)(H,21,22). The number of hydrogen-bond donors (Lipinski definition) is 2. The van der Waals surface area contributed by atoms with Gasteiger partial charge in [0.2, 0.25) is 0 Å². The number of alkyl halides is 2. The Kier molecular flexibility index (Phi) is 6.10. The van der Waals surface area contributed by atoms with E-state index in [0.717, 1.165) is 0 Å². The number of aliphatic carboxylic acids is 1. The van der Waals surface area contributed by atoms with Crippen LogP contribution in [0.4, 0.5) is 8.78 Å². The van der Waals surface area contributed by atoms with Gasteiger partial charge in [0.05, 0.1) is 11.8 Å². The lowest BCUT2D eigenvalue weighted by Gasteiger charge is -2.09. The van der Waals surface area contributed by atoms with E-state index >= 15 is 0 Å². The highest BCUT2D eigenvalue weighted by molar-refractivity contribution is 5.97. The maximum absolute atomic E-state index is 12.3. The molecule has 1 aromatic carbocycles. The Labute approximate surface area is 142 Å². The number of hydrogen-bond acceptors (Lipinski definition) is 4. The molecule has 134 valence electrons. The smallest absolute Gasteiger partial charge is 0.311 e. The average Bonchev–Trinajstić information content (AvgIpc) is 2.91. The molecule has 0 unspecified atom stereocenters. The van der Waals surface area contributed by atoms with Crippen LogP contribution in [-0.2, 0) is 17.8 Å². The number of carbonyl (C=O) groups excluding carboxylic acids is 1. The topological polar surface area (TPSA) is 88.8 Å². The lowest BCUT2D eigenvalue weighted by Crippen LogP contribution is -2.24. The minimum absolute atomic E-state index is 0.0801. The van der Waals surface area contributed by atoms with Crippen LogP contribution in [0.1, 0.15) is 27.2 Å². The molecule has 0 fully saturated rings. The lowest BCUT2D eigenvalue weighted by atomic mass is 10.1. The van der Waals surface area contributed by atoms with Gasteiger partial charge in [-0.15, -0.1) is 0 Å². The van der Waals surface area contributed by atoms with Gasteiger partial charge in [0.25, 0.3) is 12.3 Å². The zero-order valence-corrected chi connectivity index (χ0v) is 13.4. The molecule has 0 radical (unpaired) electrons. The van der Waals surface area contributed by atoms with Gasteiger partial charge in [-0.05, 0) is 24.6 Å². The van der Waals surface area contributed by atoms with E-state index in [2.05, 4.69) is 5.32 Å². The fraction of sp³-hybridized carbons (Fsp3) is 0.294. The zero-order chi connectivity index (χ0) is 18.4. The van der Waals surface area contributed by atoms with Gasteiger partial charge in [-0.25, -0.2) is 8.78 Å². The maximum atomic E-state index is 12.3. The highest BCUT2D eigenvalue weighted by atomic mass is 19.3. The summed E-state index contributed by atoms with van der Waals surface area (Å²) < 4.78 is 34.4. The number of aryl methyl sites for hydroxylation is 1. The molecule has 0 aliphatic carbocycles. The molecule has 2 N–H and O–H groups in total. The number of carboxylic acid groups (broad SMARTS) is 1. The second-order valence-electron chi connectivity index (χ2n) is 5.32. The first-order valence-electron chi connectivity index (χ1n) is 7.43. The summed E-state index contributed by atoms with van der Waals surface area (Å²) in [6.45, 7) is 1.06. The van der Waals surface area contributed by atoms with Crippen LogP contribution in [0.3, 0.4) is 0 Å². The Morgan fingerprint density at radius 3 is 2.80 bits per heavy atom. The Balaban J connectivity index is 2.02. The number of benzene rings is 1. The van der Waals surface area contributed by atoms with E-state index in [4.69, 9.17) is 14.3 Å². The van der Waals surface area contributed by atoms with Crippen LogP contribution in [0.2, 0.25) is 0 Å². The van der Waals surface area contributed by atoms with Gasteiger partial charge in [-0.1, -0.05) is 12.1 Å². The van der Waals surface area contributed by atoms with Crippen LogP contribution in [-0.4, -0.2) is 30.0 Å². The minimum atomic E-state index is -2.57. The number of rotatable bonds is 8. The van der Waals surface area contributed by atoms with Gasteiger partial charge < -0.3 is 19.6 Å². The summed E-state index contributed by atoms with van der Waals surface area (Å²) in [6.07, 6.45) is -1.64. The largest absolute Gasteiger partial charge is 0.488 e. The molecule has 0 aliphatic rings. The van der Waals surface area contributed by atoms with Gasteiger partial charge in [-0.2, -0.15) is 0 Å². The molecule has 0 saturated heterocycles. The summed E-state index contributed by atoms with van der Waals surface area (Å²) in [5.74, 6) is -1.22. The van der Waals surface area contributed by atoms with Gasteiger partial charge in [-0.3, -0.25) is 9.59 Å². The van der Waals surface area contributed by atoms with Crippen molar-refractivity contribution in [2.75, 3.05) is 6.61 Å². The molecule has 1 aromatic heterocycles. The first-order valence-corrected chi connectivity index (χ1v) is 7.43. The van der Waals surface area contributed by atoms with Crippen LogP contribution in [0.5, 0.6) is 5.75 Å². The van der Waals surface area contributed by atoms with Crippen molar-refractivity contribution in [1.82, 2.24) is 5.32 Å². The zero-order valence-electron chi connectivity index (χ0n) is 13.4. The summed E-state index contributed by atoms with van der Waals surface area (Å²) in [5.41, 5.74) is 1.37. The third kappa shape index (κ3) is 5.30. The van der Waals surface area contributed by atoms with Crippen LogP contribution in [0, 0.1) is 6.92 Å². The molecule has 0 bridgehead atoms. The third-order valence-electron chi connectivity index (χ3n) is 3.32. The SMILES string of the molecule is Cc1coc(CC(=O)O)c1C(=O)NCc1cccc(OCC(F)F)c1. The molecule has 6 nitrogen and oxygen atoms in total. The molecule has 1 amide bonds. The Morgan fingerprint density at radius 1 is 1.36 bits per heavy atom. The molecule has 8 heteroatoms. The number of furan rings is 1. The number of carboxylic acids is 1. The number of nitrogens with one attached hydrogen (secondary N) is 1. The highest BCUT2D eigenvalue weighted by Gasteiger charge is 2.20. The number of amides is 1. The van der Waals surface area contributed by atoms with E-state index < -0.39 is 31.3 Å². The van der Waals surface area contributed by atoms with Crippen LogP contribution < -0.4 is 10.1 Å². The number of halogens is 2. The van der Waals surface area contributed by atoms with Gasteiger partial charge >= 0.3 is 5.97 Å². The van der Waals surface area contributed by atoms with Crippen molar-refractivity contribution >= 4 is 11.9 Å². The molecule has 0 aliphatic heterocycles. The van der Waals surface area contributed by atoms with E-state index in [0.29, 0.717) is 11.1 Å². The molecule has 0 saturated carbocycles. The number of ether oxygens (including phenoxy) is 1. The van der Waals surface area contributed by atoms with Crippen molar-refractivity contribution in [3.05, 3.63) is 53.0 Å². The highest BCUT2D eigenvalue weighted by Crippen LogP contribution is 2.18. The average molecular weight is 353 g/mol. The quantitative estimate of drug-likeness (QED) is 0.762. The fourth-order valence-corrected chi connectivity index (χ4v) is 2.25. The molecular formula is C17H17F2NO5. The van der Waals surface area contributed by atoms with E-state index in [1.165, 1.54) is 6.26 Å². The fourth-order valence-electron chi connectivity index (χ4n) is 2.25. The van der Waals surface area contributed by atoms with Crippen LogP contribution in [0.25, 0.3) is 0 Å². The predicted octanol–water partition coefficient (Wildman–Crippen LogP) is 2.79. The normalized spacial score (nSPS) is 10.7. The van der Waals surface area contributed by atoms with Crippen molar-refractivity contribution in [3.8, 4) is 5.75 Å². The maximum Gasteiger partial charge on any atom is 0.311 e. The summed E-state index contributed by atoms with van der Waals surface area (Å²) in [5, 5.41) is 11.5. The minimum Gasteiger partial charge on any atom is -0.488 e. The molecular weight excluding hydrogens is 336 g/mol. The first kappa shape index (κ1) is 18.4. The molecule has 0 atom stereocenters. The molecule has 2 rings (SSSR count). The van der Waals surface area contributed by atoms with E-state index in [-0.39, 0.29) is 23.6 Å². The van der Waals surface area contributed by atoms with E-state index in [1.807, 2.05) is 0 Å². The van der Waals surface area contributed by atoms with Crippen LogP contribution >= 0.6 is 0 Å². The van der Waals surface area contributed by atoms with Crippen molar-refractivity contribution in [3.63, 3.8) is 0 Å².